The zero-order valence-electron chi connectivity index (χ0n) is 13.5. The molecule has 2 fully saturated rings. The summed E-state index contributed by atoms with van der Waals surface area (Å²) in [5.41, 5.74) is 2.20. The molecule has 118 valence electrons. The van der Waals surface area contributed by atoms with Crippen LogP contribution in [0.2, 0.25) is 5.02 Å². The molecule has 3 rings (SSSR count). The normalized spacial score (nSPS) is 29.2. The van der Waals surface area contributed by atoms with Crippen molar-refractivity contribution >= 4 is 11.6 Å². The number of hydrogen-bond acceptors (Lipinski definition) is 2. The van der Waals surface area contributed by atoms with Gasteiger partial charge in [0.1, 0.15) is 0 Å². The molecule has 0 spiro atoms. The predicted octanol–water partition coefficient (Wildman–Crippen LogP) is 3.82. The summed E-state index contributed by atoms with van der Waals surface area (Å²) < 4.78 is 2.09. The smallest absolute Gasteiger partial charge is 0.0847 e. The lowest BCUT2D eigenvalue weighted by Gasteiger charge is -2.31. The fourth-order valence-electron chi connectivity index (χ4n) is 4.70. The van der Waals surface area contributed by atoms with Gasteiger partial charge >= 0.3 is 0 Å². The van der Waals surface area contributed by atoms with E-state index in [4.69, 9.17) is 11.6 Å². The van der Waals surface area contributed by atoms with Gasteiger partial charge in [-0.25, -0.2) is 0 Å². The third-order valence-electron chi connectivity index (χ3n) is 5.64. The van der Waals surface area contributed by atoms with Gasteiger partial charge in [0.25, 0.3) is 0 Å². The molecule has 21 heavy (non-hydrogen) atoms. The molecule has 4 heteroatoms. The maximum absolute atomic E-state index is 6.51. The van der Waals surface area contributed by atoms with Crippen LogP contribution in [0.3, 0.4) is 0 Å². The molecule has 2 aliphatic carbocycles. The number of hydrogen-bond donors (Lipinski definition) is 1. The van der Waals surface area contributed by atoms with E-state index in [1.54, 1.807) is 0 Å². The van der Waals surface area contributed by atoms with Crippen molar-refractivity contribution in [2.24, 2.45) is 17.8 Å². The Morgan fingerprint density at radius 3 is 2.71 bits per heavy atom. The Kier molecular flexibility index (Phi) is 4.60. The van der Waals surface area contributed by atoms with Gasteiger partial charge < -0.3 is 5.32 Å². The Hall–Kier alpha value is -0.540. The molecule has 2 aliphatic rings. The highest BCUT2D eigenvalue weighted by molar-refractivity contribution is 6.31. The van der Waals surface area contributed by atoms with Crippen LogP contribution in [0.1, 0.15) is 50.9 Å². The summed E-state index contributed by atoms with van der Waals surface area (Å²) in [5.74, 6) is 2.77. The van der Waals surface area contributed by atoms with E-state index in [9.17, 15) is 0 Å². The number of aromatic nitrogens is 2. The summed E-state index contributed by atoms with van der Waals surface area (Å²) in [4.78, 5) is 0. The second kappa shape index (κ2) is 6.29. The summed E-state index contributed by atoms with van der Waals surface area (Å²) in [7, 11) is 0. The number of nitrogens with zero attached hydrogens (tertiary/aromatic N) is 2. The second-order valence-corrected chi connectivity index (χ2v) is 7.25. The van der Waals surface area contributed by atoms with Crippen LogP contribution in [0.4, 0.5) is 0 Å². The minimum Gasteiger partial charge on any atom is -0.314 e. The van der Waals surface area contributed by atoms with E-state index in [2.05, 4.69) is 28.9 Å². The number of aryl methyl sites for hydroxylation is 2. The third kappa shape index (κ3) is 2.87. The van der Waals surface area contributed by atoms with Crippen LogP contribution in [-0.2, 0) is 13.0 Å². The molecule has 0 aliphatic heterocycles. The fourth-order valence-corrected chi connectivity index (χ4v) is 4.91. The zero-order chi connectivity index (χ0) is 15.0. The Balaban J connectivity index is 1.79. The summed E-state index contributed by atoms with van der Waals surface area (Å²) in [5, 5.41) is 9.20. The average molecular weight is 310 g/mol. The number of fused-ring (bicyclic) bond motifs is 2. The maximum atomic E-state index is 6.51. The van der Waals surface area contributed by atoms with Crippen molar-refractivity contribution < 1.29 is 0 Å². The summed E-state index contributed by atoms with van der Waals surface area (Å²) in [6, 6.07) is 0.559. The van der Waals surface area contributed by atoms with Crippen LogP contribution < -0.4 is 5.32 Å². The quantitative estimate of drug-likeness (QED) is 0.865. The van der Waals surface area contributed by atoms with Gasteiger partial charge in [-0.3, -0.25) is 4.68 Å². The summed E-state index contributed by atoms with van der Waals surface area (Å²) in [6.07, 6.45) is 6.81. The van der Waals surface area contributed by atoms with Crippen LogP contribution in [0.5, 0.6) is 0 Å². The largest absolute Gasteiger partial charge is 0.314 e. The number of halogens is 1. The minimum atomic E-state index is 0.559. The van der Waals surface area contributed by atoms with Crippen LogP contribution in [-0.4, -0.2) is 22.4 Å². The van der Waals surface area contributed by atoms with Crippen molar-refractivity contribution in [3.8, 4) is 0 Å². The Bertz CT molecular complexity index is 496. The van der Waals surface area contributed by atoms with Crippen molar-refractivity contribution in [1.29, 1.82) is 0 Å². The van der Waals surface area contributed by atoms with Crippen molar-refractivity contribution in [2.45, 2.75) is 65.5 Å². The molecule has 0 amide bonds. The van der Waals surface area contributed by atoms with Crippen LogP contribution in [0.25, 0.3) is 0 Å². The molecule has 1 heterocycles. The highest BCUT2D eigenvalue weighted by atomic mass is 35.5. The lowest BCUT2D eigenvalue weighted by molar-refractivity contribution is 0.246. The number of likely N-dealkylation sites (N-methyl/N-ethyl adjacent to an activating group) is 1. The average Bonchev–Trinajstić information content (AvgIpc) is 3.16. The molecule has 4 atom stereocenters. The second-order valence-electron chi connectivity index (χ2n) is 6.87. The topological polar surface area (TPSA) is 29.9 Å². The van der Waals surface area contributed by atoms with Gasteiger partial charge in [-0.05, 0) is 57.4 Å². The van der Waals surface area contributed by atoms with Crippen molar-refractivity contribution in [1.82, 2.24) is 15.1 Å². The van der Waals surface area contributed by atoms with Crippen molar-refractivity contribution in [2.75, 3.05) is 6.54 Å². The van der Waals surface area contributed by atoms with Crippen molar-refractivity contribution in [3.05, 3.63) is 16.4 Å². The van der Waals surface area contributed by atoms with E-state index >= 15 is 0 Å². The van der Waals surface area contributed by atoms with Gasteiger partial charge in [-0.15, -0.1) is 0 Å². The van der Waals surface area contributed by atoms with Gasteiger partial charge in [-0.2, -0.15) is 5.10 Å². The predicted molar refractivity (Wildman–Crippen MR) is 87.8 cm³/mol. The molecular formula is C17H28ClN3. The minimum absolute atomic E-state index is 0.559. The molecule has 0 aromatic carbocycles. The van der Waals surface area contributed by atoms with Gasteiger partial charge in [0.2, 0.25) is 0 Å². The van der Waals surface area contributed by atoms with E-state index in [0.717, 1.165) is 48.0 Å². The van der Waals surface area contributed by atoms with Crippen LogP contribution >= 0.6 is 11.6 Å². The van der Waals surface area contributed by atoms with E-state index in [1.807, 2.05) is 6.92 Å². The third-order valence-corrected chi connectivity index (χ3v) is 6.13. The van der Waals surface area contributed by atoms with Gasteiger partial charge in [0.05, 0.1) is 16.4 Å². The Morgan fingerprint density at radius 1 is 1.33 bits per heavy atom. The Labute approximate surface area is 133 Å². The molecule has 1 aromatic rings. The van der Waals surface area contributed by atoms with Gasteiger partial charge in [0, 0.05) is 19.0 Å². The molecular weight excluding hydrogens is 282 g/mol. The first-order valence-corrected chi connectivity index (χ1v) is 8.96. The summed E-state index contributed by atoms with van der Waals surface area (Å²) in [6.45, 7) is 8.31. The highest BCUT2D eigenvalue weighted by Gasteiger charge is 2.43. The molecule has 2 bridgehead atoms. The molecule has 2 saturated carbocycles. The first-order chi connectivity index (χ1) is 10.1. The molecule has 0 saturated heterocycles. The standard InChI is InChI=1S/C17H28ClN3/c1-4-19-15(14-9-12-6-7-13(14)8-12)10-16-17(18)11(3)20-21(16)5-2/h12-15,19H,4-10H2,1-3H3. The zero-order valence-corrected chi connectivity index (χ0v) is 14.3. The van der Waals surface area contributed by atoms with E-state index < -0.39 is 0 Å². The molecule has 3 nitrogen and oxygen atoms in total. The first-order valence-electron chi connectivity index (χ1n) is 8.59. The SMILES string of the molecule is CCNC(Cc1c(Cl)c(C)nn1CC)C1CC2CCC1C2. The maximum Gasteiger partial charge on any atom is 0.0847 e. The van der Waals surface area contributed by atoms with E-state index in [-0.39, 0.29) is 0 Å². The molecule has 1 aromatic heterocycles. The number of rotatable bonds is 6. The fraction of sp³-hybridized carbons (Fsp3) is 0.824. The molecule has 1 N–H and O–H groups in total. The lowest BCUT2D eigenvalue weighted by atomic mass is 9.81. The highest BCUT2D eigenvalue weighted by Crippen LogP contribution is 2.50. The Morgan fingerprint density at radius 2 is 2.14 bits per heavy atom. The monoisotopic (exact) mass is 309 g/mol. The first kappa shape index (κ1) is 15.4. The van der Waals surface area contributed by atoms with E-state index in [0.29, 0.717) is 6.04 Å². The van der Waals surface area contributed by atoms with Crippen LogP contribution in [0, 0.1) is 24.7 Å². The van der Waals surface area contributed by atoms with Gasteiger partial charge in [-0.1, -0.05) is 24.9 Å². The molecule has 4 unspecified atom stereocenters. The lowest BCUT2D eigenvalue weighted by Crippen LogP contribution is -2.40. The number of nitrogens with one attached hydrogen (secondary N) is 1. The van der Waals surface area contributed by atoms with Gasteiger partial charge in [0.15, 0.2) is 0 Å². The summed E-state index contributed by atoms with van der Waals surface area (Å²) >= 11 is 6.51. The van der Waals surface area contributed by atoms with E-state index in [1.165, 1.54) is 31.4 Å². The van der Waals surface area contributed by atoms with Crippen molar-refractivity contribution in [3.63, 3.8) is 0 Å². The van der Waals surface area contributed by atoms with Crippen LogP contribution in [0.15, 0.2) is 0 Å². The molecule has 0 radical (unpaired) electrons.